The standard InChI is InChI=1S/C12H15BrFNO/c13-8-5-9(11(16)10(14)6-8)12(7-15)3-1-2-4-12/h5-6,16H,1-4,7,15H2. The van der Waals surface area contributed by atoms with E-state index in [1.165, 1.54) is 6.07 Å². The van der Waals surface area contributed by atoms with Crippen molar-refractivity contribution in [2.24, 2.45) is 5.73 Å². The average molecular weight is 288 g/mol. The van der Waals surface area contributed by atoms with E-state index >= 15 is 0 Å². The van der Waals surface area contributed by atoms with Gasteiger partial charge in [0, 0.05) is 22.0 Å². The maximum absolute atomic E-state index is 13.5. The van der Waals surface area contributed by atoms with Crippen LogP contribution in [0.15, 0.2) is 16.6 Å². The monoisotopic (exact) mass is 287 g/mol. The number of phenols is 1. The molecule has 88 valence electrons. The van der Waals surface area contributed by atoms with Gasteiger partial charge in [0.2, 0.25) is 0 Å². The van der Waals surface area contributed by atoms with Crippen molar-refractivity contribution >= 4 is 15.9 Å². The molecule has 0 unspecified atom stereocenters. The first-order chi connectivity index (χ1) is 7.59. The highest BCUT2D eigenvalue weighted by molar-refractivity contribution is 9.10. The van der Waals surface area contributed by atoms with Crippen molar-refractivity contribution in [1.29, 1.82) is 0 Å². The van der Waals surface area contributed by atoms with Crippen molar-refractivity contribution < 1.29 is 9.50 Å². The molecule has 0 aromatic heterocycles. The zero-order chi connectivity index (χ0) is 11.8. The Bertz CT molecular complexity index is 402. The van der Waals surface area contributed by atoms with Crippen LogP contribution in [0.3, 0.4) is 0 Å². The zero-order valence-electron chi connectivity index (χ0n) is 8.97. The van der Waals surface area contributed by atoms with E-state index in [9.17, 15) is 9.50 Å². The van der Waals surface area contributed by atoms with E-state index in [0.29, 0.717) is 16.6 Å². The van der Waals surface area contributed by atoms with Gasteiger partial charge < -0.3 is 10.8 Å². The molecule has 2 nitrogen and oxygen atoms in total. The summed E-state index contributed by atoms with van der Waals surface area (Å²) in [6.07, 6.45) is 4.02. The highest BCUT2D eigenvalue weighted by Crippen LogP contribution is 2.45. The van der Waals surface area contributed by atoms with Gasteiger partial charge in [-0.15, -0.1) is 0 Å². The van der Waals surface area contributed by atoms with Gasteiger partial charge in [0.15, 0.2) is 11.6 Å². The highest BCUT2D eigenvalue weighted by Gasteiger charge is 2.37. The van der Waals surface area contributed by atoms with E-state index in [0.717, 1.165) is 25.7 Å². The van der Waals surface area contributed by atoms with Gasteiger partial charge in [0.1, 0.15) is 0 Å². The molecule has 0 radical (unpaired) electrons. The molecule has 1 saturated carbocycles. The maximum Gasteiger partial charge on any atom is 0.166 e. The second-order valence-electron chi connectivity index (χ2n) is 4.48. The molecule has 2 rings (SSSR count). The van der Waals surface area contributed by atoms with Gasteiger partial charge in [-0.1, -0.05) is 28.8 Å². The molecule has 1 aliphatic carbocycles. The van der Waals surface area contributed by atoms with Gasteiger partial charge in [0.25, 0.3) is 0 Å². The Morgan fingerprint density at radius 3 is 2.56 bits per heavy atom. The Hall–Kier alpha value is -0.610. The highest BCUT2D eigenvalue weighted by atomic mass is 79.9. The first kappa shape index (κ1) is 11.9. The molecular formula is C12H15BrFNO. The normalized spacial score (nSPS) is 18.9. The molecule has 4 heteroatoms. The van der Waals surface area contributed by atoms with Gasteiger partial charge in [-0.3, -0.25) is 0 Å². The van der Waals surface area contributed by atoms with Gasteiger partial charge >= 0.3 is 0 Å². The maximum atomic E-state index is 13.5. The molecule has 0 amide bonds. The molecule has 1 aromatic rings. The van der Waals surface area contributed by atoms with Crippen LogP contribution in [0.1, 0.15) is 31.2 Å². The minimum absolute atomic E-state index is 0.240. The summed E-state index contributed by atoms with van der Waals surface area (Å²) in [7, 11) is 0. The van der Waals surface area contributed by atoms with Gasteiger partial charge in [-0.05, 0) is 25.0 Å². The largest absolute Gasteiger partial charge is 0.505 e. The van der Waals surface area contributed by atoms with E-state index in [4.69, 9.17) is 5.73 Å². The predicted octanol–water partition coefficient (Wildman–Crippen LogP) is 3.06. The fourth-order valence-electron chi connectivity index (χ4n) is 2.61. The molecule has 1 aromatic carbocycles. The predicted molar refractivity (Wildman–Crippen MR) is 65.0 cm³/mol. The Morgan fingerprint density at radius 1 is 1.38 bits per heavy atom. The van der Waals surface area contributed by atoms with Crippen LogP contribution in [0.5, 0.6) is 5.75 Å². The number of benzene rings is 1. The molecule has 0 aliphatic heterocycles. The summed E-state index contributed by atoms with van der Waals surface area (Å²) < 4.78 is 14.1. The number of halogens is 2. The fourth-order valence-corrected chi connectivity index (χ4v) is 3.04. The first-order valence-electron chi connectivity index (χ1n) is 5.48. The first-order valence-corrected chi connectivity index (χ1v) is 6.27. The van der Waals surface area contributed by atoms with Crippen LogP contribution in [0.25, 0.3) is 0 Å². The Labute approximate surface area is 103 Å². The van der Waals surface area contributed by atoms with Gasteiger partial charge in [0.05, 0.1) is 0 Å². The minimum Gasteiger partial charge on any atom is -0.505 e. The molecule has 0 spiro atoms. The topological polar surface area (TPSA) is 46.2 Å². The van der Waals surface area contributed by atoms with E-state index in [1.54, 1.807) is 6.07 Å². The van der Waals surface area contributed by atoms with Crippen molar-refractivity contribution in [3.8, 4) is 5.75 Å². The van der Waals surface area contributed by atoms with Gasteiger partial charge in [-0.25, -0.2) is 4.39 Å². The summed E-state index contributed by atoms with van der Waals surface area (Å²) >= 11 is 3.26. The van der Waals surface area contributed by atoms with Crippen LogP contribution in [0.4, 0.5) is 4.39 Å². The molecular weight excluding hydrogens is 273 g/mol. The number of hydrogen-bond acceptors (Lipinski definition) is 2. The SMILES string of the molecule is NCC1(c2cc(Br)cc(F)c2O)CCCC1. The second-order valence-corrected chi connectivity index (χ2v) is 5.39. The lowest BCUT2D eigenvalue weighted by molar-refractivity contribution is 0.383. The van der Waals surface area contributed by atoms with Crippen LogP contribution < -0.4 is 5.73 Å². The van der Waals surface area contributed by atoms with Crippen molar-refractivity contribution in [2.75, 3.05) is 6.54 Å². The summed E-state index contributed by atoms with van der Waals surface area (Å²) in [6.45, 7) is 0.455. The number of aromatic hydroxyl groups is 1. The number of rotatable bonds is 2. The van der Waals surface area contributed by atoms with Crippen LogP contribution >= 0.6 is 15.9 Å². The van der Waals surface area contributed by atoms with Gasteiger partial charge in [-0.2, -0.15) is 0 Å². The molecule has 16 heavy (non-hydrogen) atoms. The Balaban J connectivity index is 2.53. The second kappa shape index (κ2) is 4.34. The lowest BCUT2D eigenvalue weighted by Crippen LogP contribution is -2.32. The number of hydrogen-bond donors (Lipinski definition) is 2. The molecule has 0 heterocycles. The lowest BCUT2D eigenvalue weighted by Gasteiger charge is -2.28. The fraction of sp³-hybridized carbons (Fsp3) is 0.500. The summed E-state index contributed by atoms with van der Waals surface area (Å²) in [5.41, 5.74) is 6.23. The Kier molecular flexibility index (Phi) is 3.22. The van der Waals surface area contributed by atoms with E-state index in [2.05, 4.69) is 15.9 Å². The summed E-state index contributed by atoms with van der Waals surface area (Å²) in [5, 5.41) is 9.83. The molecule has 0 atom stereocenters. The zero-order valence-corrected chi connectivity index (χ0v) is 10.6. The molecule has 3 N–H and O–H groups in total. The summed E-state index contributed by atoms with van der Waals surface area (Å²) in [6, 6.07) is 3.06. The number of phenolic OH excluding ortho intramolecular Hbond substituents is 1. The Morgan fingerprint density at radius 2 is 2.00 bits per heavy atom. The van der Waals surface area contributed by atoms with Crippen LogP contribution in [0, 0.1) is 5.82 Å². The summed E-state index contributed by atoms with van der Waals surface area (Å²) in [4.78, 5) is 0. The smallest absolute Gasteiger partial charge is 0.166 e. The van der Waals surface area contributed by atoms with E-state index in [-0.39, 0.29) is 11.2 Å². The molecule has 1 aliphatic rings. The summed E-state index contributed by atoms with van der Waals surface area (Å²) in [5.74, 6) is -0.820. The van der Waals surface area contributed by atoms with E-state index in [1.807, 2.05) is 0 Å². The third kappa shape index (κ3) is 1.84. The molecule has 0 saturated heterocycles. The average Bonchev–Trinajstić information content (AvgIpc) is 2.73. The quantitative estimate of drug-likeness (QED) is 0.878. The van der Waals surface area contributed by atoms with Crippen LogP contribution in [-0.2, 0) is 5.41 Å². The lowest BCUT2D eigenvalue weighted by atomic mass is 9.78. The van der Waals surface area contributed by atoms with Crippen molar-refractivity contribution in [2.45, 2.75) is 31.1 Å². The van der Waals surface area contributed by atoms with Crippen LogP contribution in [-0.4, -0.2) is 11.7 Å². The molecule has 1 fully saturated rings. The third-order valence-electron chi connectivity index (χ3n) is 3.55. The van der Waals surface area contributed by atoms with Crippen molar-refractivity contribution in [3.05, 3.63) is 28.0 Å². The van der Waals surface area contributed by atoms with Crippen molar-refractivity contribution in [3.63, 3.8) is 0 Å². The number of nitrogens with two attached hydrogens (primary N) is 1. The van der Waals surface area contributed by atoms with Crippen LogP contribution in [0.2, 0.25) is 0 Å². The minimum atomic E-state index is -0.580. The van der Waals surface area contributed by atoms with E-state index < -0.39 is 5.82 Å². The molecule has 0 bridgehead atoms. The third-order valence-corrected chi connectivity index (χ3v) is 4.01. The van der Waals surface area contributed by atoms with Crippen molar-refractivity contribution in [1.82, 2.24) is 0 Å².